The lowest BCUT2D eigenvalue weighted by atomic mass is 9.87. The zero-order chi connectivity index (χ0) is 32.9. The van der Waals surface area contributed by atoms with Crippen molar-refractivity contribution in [3.8, 4) is 22.5 Å². The van der Waals surface area contributed by atoms with Crippen LogP contribution in [0, 0.1) is 11.8 Å². The number of carbonyl (C=O) groups is 3. The van der Waals surface area contributed by atoms with Crippen molar-refractivity contribution >= 4 is 17.7 Å². The van der Waals surface area contributed by atoms with E-state index in [1.54, 1.807) is 0 Å². The van der Waals surface area contributed by atoms with Gasteiger partial charge < -0.3 is 14.7 Å². The Morgan fingerprint density at radius 1 is 0.521 bits per heavy atom. The molecule has 3 saturated heterocycles. The molecule has 0 spiro atoms. The van der Waals surface area contributed by atoms with Gasteiger partial charge in [-0.25, -0.2) is 4.98 Å². The first-order valence-electron chi connectivity index (χ1n) is 18.3. The number of likely N-dealkylation sites (tertiary alicyclic amines) is 2. The number of hydrogen-bond donors (Lipinski definition) is 0. The molecule has 4 heterocycles. The van der Waals surface area contributed by atoms with Crippen LogP contribution in [0.2, 0.25) is 0 Å². The number of carbonyl (C=O) groups excluding carboxylic acids is 3. The Morgan fingerprint density at radius 2 is 1.00 bits per heavy atom. The Kier molecular flexibility index (Phi) is 10.2. The summed E-state index contributed by atoms with van der Waals surface area (Å²) in [4.78, 5) is 53.9. The largest absolute Gasteiger partial charge is 0.342 e. The van der Waals surface area contributed by atoms with Gasteiger partial charge in [0.05, 0.1) is 11.4 Å². The van der Waals surface area contributed by atoms with E-state index in [1.807, 2.05) is 82.6 Å². The van der Waals surface area contributed by atoms with Crippen LogP contribution in [0.5, 0.6) is 0 Å². The van der Waals surface area contributed by atoms with Gasteiger partial charge in [-0.2, -0.15) is 0 Å². The number of amides is 3. The average Bonchev–Trinajstić information content (AvgIpc) is 3.18. The van der Waals surface area contributed by atoms with Crippen molar-refractivity contribution < 1.29 is 14.4 Å². The molecule has 0 bridgehead atoms. The van der Waals surface area contributed by atoms with Crippen LogP contribution in [0.1, 0.15) is 68.1 Å². The highest BCUT2D eigenvalue weighted by Crippen LogP contribution is 2.30. The van der Waals surface area contributed by atoms with Gasteiger partial charge >= 0.3 is 0 Å². The molecule has 0 atom stereocenters. The molecule has 8 heteroatoms. The number of pyridine rings is 1. The van der Waals surface area contributed by atoms with E-state index in [4.69, 9.17) is 4.98 Å². The van der Waals surface area contributed by atoms with Crippen LogP contribution >= 0.6 is 0 Å². The van der Waals surface area contributed by atoms with Crippen LogP contribution in [0.3, 0.4) is 0 Å². The summed E-state index contributed by atoms with van der Waals surface area (Å²) in [5.41, 5.74) is 4.27. The van der Waals surface area contributed by atoms with Crippen LogP contribution in [0.4, 0.5) is 0 Å². The van der Waals surface area contributed by atoms with E-state index in [2.05, 4.69) is 9.80 Å². The van der Waals surface area contributed by atoms with E-state index in [9.17, 15) is 14.4 Å². The smallest absolute Gasteiger partial charge is 0.254 e. The predicted molar refractivity (Wildman–Crippen MR) is 188 cm³/mol. The topological polar surface area (TPSA) is 77.1 Å². The van der Waals surface area contributed by atoms with Gasteiger partial charge in [-0.15, -0.1) is 0 Å². The zero-order valence-electron chi connectivity index (χ0n) is 28.1. The highest BCUT2D eigenvalue weighted by atomic mass is 16.2. The first-order chi connectivity index (χ1) is 23.5. The van der Waals surface area contributed by atoms with E-state index in [0.717, 1.165) is 100 Å². The highest BCUT2D eigenvalue weighted by Gasteiger charge is 2.36. The van der Waals surface area contributed by atoms with Crippen molar-refractivity contribution in [2.24, 2.45) is 11.8 Å². The molecule has 0 radical (unpaired) electrons. The summed E-state index contributed by atoms with van der Waals surface area (Å²) >= 11 is 0. The van der Waals surface area contributed by atoms with Crippen LogP contribution in [-0.2, 0) is 9.59 Å². The molecular weight excluding hydrogens is 598 g/mol. The molecule has 4 aliphatic rings. The van der Waals surface area contributed by atoms with Gasteiger partial charge in [0.1, 0.15) is 0 Å². The van der Waals surface area contributed by atoms with Crippen LogP contribution in [0.15, 0.2) is 72.8 Å². The molecule has 8 nitrogen and oxygen atoms in total. The quantitative estimate of drug-likeness (QED) is 0.329. The third-order valence-electron chi connectivity index (χ3n) is 11.2. The normalized spacial score (nSPS) is 20.5. The van der Waals surface area contributed by atoms with Crippen LogP contribution in [0.25, 0.3) is 22.5 Å². The molecule has 3 aromatic rings. The van der Waals surface area contributed by atoms with Crippen molar-refractivity contribution in [1.29, 1.82) is 0 Å². The SMILES string of the molecule is O=C(c1cc(-c2ccccc2)nc(-c2ccccc2)c1)N1CCN(C2CCN(C(=O)C3CCN(C(=O)C4CCCCC4)CC3)CC2)CC1. The lowest BCUT2D eigenvalue weighted by molar-refractivity contribution is -0.144. The van der Waals surface area contributed by atoms with Gasteiger partial charge in [-0.1, -0.05) is 79.9 Å². The third-order valence-corrected chi connectivity index (χ3v) is 11.2. The molecule has 3 aliphatic heterocycles. The number of hydrogen-bond acceptors (Lipinski definition) is 5. The summed E-state index contributed by atoms with van der Waals surface area (Å²) in [7, 11) is 0. The van der Waals surface area contributed by atoms with Gasteiger partial charge in [-0.05, 0) is 50.7 Å². The molecule has 0 unspecified atom stereocenters. The van der Waals surface area contributed by atoms with Crippen molar-refractivity contribution in [1.82, 2.24) is 24.6 Å². The average molecular weight is 648 g/mol. The minimum Gasteiger partial charge on any atom is -0.342 e. The highest BCUT2D eigenvalue weighted by molar-refractivity contribution is 5.96. The minimum atomic E-state index is 0.0458. The fraction of sp³-hybridized carbons (Fsp3) is 0.500. The number of aromatic nitrogens is 1. The number of nitrogens with zero attached hydrogens (tertiary/aromatic N) is 5. The second-order valence-electron chi connectivity index (χ2n) is 14.2. The van der Waals surface area contributed by atoms with Gasteiger partial charge in [-0.3, -0.25) is 19.3 Å². The van der Waals surface area contributed by atoms with E-state index < -0.39 is 0 Å². The third kappa shape index (κ3) is 7.34. The maximum absolute atomic E-state index is 13.9. The molecule has 1 aromatic heterocycles. The second-order valence-corrected chi connectivity index (χ2v) is 14.2. The first kappa shape index (κ1) is 32.5. The summed E-state index contributed by atoms with van der Waals surface area (Å²) in [6.07, 6.45) is 9.22. The molecule has 1 aliphatic carbocycles. The Labute approximate surface area is 285 Å². The Morgan fingerprint density at radius 3 is 1.52 bits per heavy atom. The minimum absolute atomic E-state index is 0.0458. The molecular formula is C40H49N5O3. The van der Waals surface area contributed by atoms with Gasteiger partial charge in [0.15, 0.2) is 0 Å². The molecule has 48 heavy (non-hydrogen) atoms. The lowest BCUT2D eigenvalue weighted by Gasteiger charge is -2.43. The van der Waals surface area contributed by atoms with E-state index in [1.165, 1.54) is 19.3 Å². The number of rotatable bonds is 6. The fourth-order valence-corrected chi connectivity index (χ4v) is 8.30. The summed E-state index contributed by atoms with van der Waals surface area (Å²) in [6.45, 7) is 6.13. The number of piperazine rings is 1. The summed E-state index contributed by atoms with van der Waals surface area (Å²) in [5.74, 6) is 0.928. The van der Waals surface area contributed by atoms with Crippen LogP contribution in [-0.4, -0.2) is 101 Å². The molecule has 4 fully saturated rings. The zero-order valence-corrected chi connectivity index (χ0v) is 28.1. The molecule has 0 N–H and O–H groups in total. The van der Waals surface area contributed by atoms with E-state index >= 15 is 0 Å². The standard InChI is InChI=1S/C40H49N5O3/c46-38(32-14-8-3-9-15-32)43-20-16-33(17-21-43)39(47)44-22-18-35(19-23-44)42-24-26-45(27-25-42)40(48)34-28-36(30-10-4-1-5-11-30)41-37(29-34)31-12-6-2-7-13-31/h1-2,4-7,10-13,28-29,32-33,35H,3,8-9,14-27H2. The molecule has 3 amide bonds. The number of piperidine rings is 2. The second kappa shape index (κ2) is 15.0. The van der Waals surface area contributed by atoms with E-state index in [-0.39, 0.29) is 23.7 Å². The van der Waals surface area contributed by atoms with Gasteiger partial charge in [0, 0.05) is 86.9 Å². The van der Waals surface area contributed by atoms with Crippen LogP contribution < -0.4 is 0 Å². The molecule has 7 rings (SSSR count). The Balaban J connectivity index is 0.905. The van der Waals surface area contributed by atoms with Crippen molar-refractivity contribution in [2.75, 3.05) is 52.4 Å². The number of benzene rings is 2. The van der Waals surface area contributed by atoms with Crippen molar-refractivity contribution in [2.45, 2.75) is 63.8 Å². The molecule has 1 saturated carbocycles. The Bertz CT molecular complexity index is 1490. The summed E-state index contributed by atoms with van der Waals surface area (Å²) < 4.78 is 0. The first-order valence-corrected chi connectivity index (χ1v) is 18.3. The van der Waals surface area contributed by atoms with Gasteiger partial charge in [0.25, 0.3) is 5.91 Å². The maximum atomic E-state index is 13.9. The maximum Gasteiger partial charge on any atom is 0.254 e. The molecule has 2 aromatic carbocycles. The molecule has 252 valence electrons. The lowest BCUT2D eigenvalue weighted by Crippen LogP contribution is -2.55. The van der Waals surface area contributed by atoms with E-state index in [0.29, 0.717) is 30.6 Å². The summed E-state index contributed by atoms with van der Waals surface area (Å²) in [6, 6.07) is 24.4. The predicted octanol–water partition coefficient (Wildman–Crippen LogP) is 5.98. The summed E-state index contributed by atoms with van der Waals surface area (Å²) in [5, 5.41) is 0. The Hall–Kier alpha value is -4.04. The van der Waals surface area contributed by atoms with Crippen molar-refractivity contribution in [3.63, 3.8) is 0 Å². The van der Waals surface area contributed by atoms with Gasteiger partial charge in [0.2, 0.25) is 11.8 Å². The monoisotopic (exact) mass is 647 g/mol. The fourth-order valence-electron chi connectivity index (χ4n) is 8.30. The van der Waals surface area contributed by atoms with Crippen molar-refractivity contribution in [3.05, 3.63) is 78.4 Å².